The molecule has 0 aromatic heterocycles. The Labute approximate surface area is 40.3 Å². The van der Waals surface area contributed by atoms with E-state index in [9.17, 15) is 0 Å². The number of hydrogen-bond donors (Lipinski definition) is 2. The first kappa shape index (κ1) is 9.21. The summed E-state index contributed by atoms with van der Waals surface area (Å²) in [5, 5.41) is 7.42. The molecule has 0 aliphatic carbocycles. The van der Waals surface area contributed by atoms with Crippen molar-refractivity contribution in [2.75, 3.05) is 0 Å². The minimum Gasteiger partial charge on any atom is -0.481 e. The molecule has 0 aliphatic heterocycles. The van der Waals surface area contributed by atoms with Crippen LogP contribution in [0.3, 0.4) is 0 Å². The maximum absolute atomic E-state index is 9.00. The van der Waals surface area contributed by atoms with Crippen LogP contribution in [-0.4, -0.2) is 15.7 Å². The molecule has 0 saturated carbocycles. The van der Waals surface area contributed by atoms with Crippen LogP contribution in [0.5, 0.6) is 0 Å². The maximum Gasteiger partial charge on any atom is 0.300 e. The molecule has 2 N–H and O–H groups in total. The first-order chi connectivity index (χ1) is 2.73. The van der Waals surface area contributed by atoms with Gasteiger partial charge in [-0.3, -0.25) is 9.45 Å². The van der Waals surface area contributed by atoms with Crippen LogP contribution in [0.4, 0.5) is 0 Å². The smallest absolute Gasteiger partial charge is 0.300 e. The van der Waals surface area contributed by atoms with Crippen molar-refractivity contribution in [1.29, 1.82) is 0 Å². The van der Waals surface area contributed by atoms with Crippen LogP contribution in [0.2, 0.25) is 0 Å². The van der Waals surface area contributed by atoms with E-state index in [1.807, 2.05) is 0 Å². The number of carboxylic acids is 1. The van der Waals surface area contributed by atoms with Gasteiger partial charge >= 0.3 is 0 Å². The Bertz CT molecular complexity index is 31.8. The van der Waals surface area contributed by atoms with E-state index in [-0.39, 0.29) is 0 Å². The standard InChI is InChI=1S/C2H4O2.ClHO/c1-2(3)4;1-2/h1H3,(H,3,4);2H. The zero-order valence-electron chi connectivity index (χ0n) is 3.18. The van der Waals surface area contributed by atoms with Crippen LogP contribution in [0.15, 0.2) is 0 Å². The van der Waals surface area contributed by atoms with Gasteiger partial charge in [-0.1, -0.05) is 0 Å². The van der Waals surface area contributed by atoms with Gasteiger partial charge in [0, 0.05) is 6.92 Å². The fourth-order valence-corrected chi connectivity index (χ4v) is 0. The number of aliphatic carboxylic acids is 1. The highest BCUT2D eigenvalue weighted by molar-refractivity contribution is 6.04. The van der Waals surface area contributed by atoms with E-state index >= 15 is 0 Å². The van der Waals surface area contributed by atoms with Crippen molar-refractivity contribution in [3.8, 4) is 0 Å². The van der Waals surface area contributed by atoms with Gasteiger partial charge in [-0.25, -0.2) is 0 Å². The summed E-state index contributed by atoms with van der Waals surface area (Å²) in [5.74, 6) is -0.833. The molecule has 0 heterocycles. The predicted molar refractivity (Wildman–Crippen MR) is 21.4 cm³/mol. The molecule has 0 aromatic rings. The molecule has 0 fully saturated rings. The zero-order valence-corrected chi connectivity index (χ0v) is 3.94. The first-order valence-corrected chi connectivity index (χ1v) is 1.43. The lowest BCUT2D eigenvalue weighted by molar-refractivity contribution is -0.134. The lowest BCUT2D eigenvalue weighted by Crippen LogP contribution is -1.78. The Morgan fingerprint density at radius 1 is 1.67 bits per heavy atom. The van der Waals surface area contributed by atoms with Crippen molar-refractivity contribution in [3.63, 3.8) is 0 Å². The maximum atomic E-state index is 9.00. The van der Waals surface area contributed by atoms with Gasteiger partial charge in [-0.2, -0.15) is 0 Å². The molecule has 0 aromatic carbocycles. The molecule has 0 bridgehead atoms. The van der Waals surface area contributed by atoms with Crippen molar-refractivity contribution in [2.45, 2.75) is 6.92 Å². The molecule has 0 spiro atoms. The summed E-state index contributed by atoms with van der Waals surface area (Å²) in [6, 6.07) is 0. The van der Waals surface area contributed by atoms with Gasteiger partial charge in [0.1, 0.15) is 0 Å². The number of carbonyl (C=O) groups is 1. The SMILES string of the molecule is CC(=O)O.OCl. The van der Waals surface area contributed by atoms with Gasteiger partial charge in [0.05, 0.1) is 11.9 Å². The summed E-state index contributed by atoms with van der Waals surface area (Å²) in [5.41, 5.74) is 0. The zero-order chi connectivity index (χ0) is 5.58. The molecule has 0 rings (SSSR count). The lowest BCUT2D eigenvalue weighted by Gasteiger charge is -1.59. The average Bonchev–Trinajstić information content (AvgIpc) is 1.41. The van der Waals surface area contributed by atoms with Gasteiger partial charge in [-0.15, -0.1) is 0 Å². The van der Waals surface area contributed by atoms with E-state index in [1.165, 1.54) is 0 Å². The first-order valence-electron chi connectivity index (χ1n) is 1.10. The number of carboxylic acid groups (broad SMARTS) is 1. The predicted octanol–water partition coefficient (Wildman–Crippen LogP) is 0.223. The summed E-state index contributed by atoms with van der Waals surface area (Å²) >= 11 is 3.64. The Hall–Kier alpha value is -0.280. The van der Waals surface area contributed by atoms with E-state index in [0.29, 0.717) is 0 Å². The monoisotopic (exact) mass is 112 g/mol. The third kappa shape index (κ3) is 351. The molecular formula is C2H5ClO3. The molecule has 0 radical (unpaired) electrons. The minimum absolute atomic E-state index is 0.833. The Morgan fingerprint density at radius 3 is 1.67 bits per heavy atom. The Balaban J connectivity index is 0. The summed E-state index contributed by atoms with van der Waals surface area (Å²) in [4.78, 5) is 9.00. The Morgan fingerprint density at radius 2 is 1.67 bits per heavy atom. The summed E-state index contributed by atoms with van der Waals surface area (Å²) in [7, 11) is 0. The van der Waals surface area contributed by atoms with E-state index in [4.69, 9.17) is 14.6 Å². The molecule has 38 valence electrons. The van der Waals surface area contributed by atoms with E-state index in [0.717, 1.165) is 6.92 Å². The van der Waals surface area contributed by atoms with Crippen LogP contribution in [0.25, 0.3) is 0 Å². The lowest BCUT2D eigenvalue weighted by atomic mass is 10.9. The van der Waals surface area contributed by atoms with Crippen LogP contribution in [-0.2, 0) is 4.79 Å². The number of hydrogen-bond acceptors (Lipinski definition) is 2. The molecule has 3 nitrogen and oxygen atoms in total. The minimum atomic E-state index is -0.833. The molecule has 0 aliphatic rings. The van der Waals surface area contributed by atoms with Crippen molar-refractivity contribution in [2.24, 2.45) is 0 Å². The topological polar surface area (TPSA) is 57.5 Å². The van der Waals surface area contributed by atoms with Crippen LogP contribution >= 0.6 is 11.9 Å². The molecule has 4 heteroatoms. The van der Waals surface area contributed by atoms with Crippen molar-refractivity contribution < 1.29 is 14.6 Å². The molecule has 0 atom stereocenters. The number of halogens is 1. The van der Waals surface area contributed by atoms with Crippen molar-refractivity contribution in [3.05, 3.63) is 0 Å². The molecular weight excluding hydrogens is 107 g/mol. The average molecular weight is 113 g/mol. The molecule has 0 amide bonds. The highest BCUT2D eigenvalue weighted by atomic mass is 35.5. The summed E-state index contributed by atoms with van der Waals surface area (Å²) in [6.45, 7) is 1.08. The van der Waals surface area contributed by atoms with E-state index < -0.39 is 5.97 Å². The third-order valence-corrected chi connectivity index (χ3v) is 0. The van der Waals surface area contributed by atoms with Crippen LogP contribution in [0, 0.1) is 0 Å². The van der Waals surface area contributed by atoms with Gasteiger partial charge < -0.3 is 5.11 Å². The third-order valence-electron chi connectivity index (χ3n) is 0. The molecule has 0 unspecified atom stereocenters. The summed E-state index contributed by atoms with van der Waals surface area (Å²) < 4.78 is 6.47. The van der Waals surface area contributed by atoms with Crippen LogP contribution < -0.4 is 0 Å². The molecule has 6 heavy (non-hydrogen) atoms. The Kier molecular flexibility index (Phi) is 13.5. The molecule has 0 saturated heterocycles. The van der Waals surface area contributed by atoms with Crippen molar-refractivity contribution in [1.82, 2.24) is 0 Å². The fourth-order valence-electron chi connectivity index (χ4n) is 0. The second-order valence-corrected chi connectivity index (χ2v) is 0.519. The van der Waals surface area contributed by atoms with E-state index in [2.05, 4.69) is 11.9 Å². The van der Waals surface area contributed by atoms with Crippen LogP contribution in [0.1, 0.15) is 6.92 Å². The van der Waals surface area contributed by atoms with Gasteiger partial charge in [0.25, 0.3) is 5.97 Å². The van der Waals surface area contributed by atoms with Gasteiger partial charge in [-0.05, 0) is 0 Å². The van der Waals surface area contributed by atoms with E-state index in [1.54, 1.807) is 0 Å². The number of rotatable bonds is 0. The van der Waals surface area contributed by atoms with Crippen molar-refractivity contribution >= 4 is 17.8 Å². The van der Waals surface area contributed by atoms with Gasteiger partial charge in [0.2, 0.25) is 0 Å². The fraction of sp³-hybridized carbons (Fsp3) is 0.500. The second-order valence-electron chi connectivity index (χ2n) is 0.519. The largest absolute Gasteiger partial charge is 0.481 e. The van der Waals surface area contributed by atoms with Gasteiger partial charge in [0.15, 0.2) is 0 Å². The highest BCUT2D eigenvalue weighted by Crippen LogP contribution is 1.42. The highest BCUT2D eigenvalue weighted by Gasteiger charge is 1.65. The normalized spacial score (nSPS) is 5.17. The second kappa shape index (κ2) is 8.83. The summed E-state index contributed by atoms with van der Waals surface area (Å²) in [6.07, 6.45) is 0. The quantitative estimate of drug-likeness (QED) is 0.472.